The molecule has 0 saturated heterocycles. The van der Waals surface area contributed by atoms with Crippen molar-refractivity contribution in [1.29, 1.82) is 0 Å². The molecule has 0 bridgehead atoms. The Morgan fingerprint density at radius 3 is 2.52 bits per heavy atom. The molecule has 0 spiro atoms. The van der Waals surface area contributed by atoms with Crippen LogP contribution in [0.2, 0.25) is 5.02 Å². The van der Waals surface area contributed by atoms with Gasteiger partial charge in [-0.2, -0.15) is 0 Å². The number of hydrogen-bond donors (Lipinski definition) is 1. The number of amides is 2. The second kappa shape index (κ2) is 9.03. The van der Waals surface area contributed by atoms with Crippen LogP contribution in [0.25, 0.3) is 0 Å². The lowest BCUT2D eigenvalue weighted by Gasteiger charge is -2.18. The molecule has 5 nitrogen and oxygen atoms in total. The molecule has 7 heteroatoms. The van der Waals surface area contributed by atoms with E-state index in [0.717, 1.165) is 0 Å². The molecule has 0 fully saturated rings. The summed E-state index contributed by atoms with van der Waals surface area (Å²) in [5.41, 5.74) is -0.0935. The third kappa shape index (κ3) is 5.76. The highest BCUT2D eigenvalue weighted by Gasteiger charge is 2.14. The van der Waals surface area contributed by atoms with Gasteiger partial charge in [0.15, 0.2) is 0 Å². The fourth-order valence-corrected chi connectivity index (χ4v) is 2.11. The van der Waals surface area contributed by atoms with Crippen LogP contribution in [-0.2, 0) is 4.79 Å². The van der Waals surface area contributed by atoms with Gasteiger partial charge in [-0.3, -0.25) is 9.59 Å². The number of hydrogen-bond acceptors (Lipinski definition) is 3. The van der Waals surface area contributed by atoms with Crippen molar-refractivity contribution in [2.24, 2.45) is 0 Å². The van der Waals surface area contributed by atoms with Crippen LogP contribution >= 0.6 is 11.6 Å². The van der Waals surface area contributed by atoms with Crippen LogP contribution in [-0.4, -0.2) is 43.5 Å². The Hall–Kier alpha value is -2.60. The van der Waals surface area contributed by atoms with Crippen LogP contribution in [0, 0.1) is 5.82 Å². The van der Waals surface area contributed by atoms with E-state index >= 15 is 0 Å². The zero-order chi connectivity index (χ0) is 18.2. The zero-order valence-electron chi connectivity index (χ0n) is 13.7. The molecule has 0 aliphatic heterocycles. The average Bonchev–Trinajstić information content (AvgIpc) is 2.61. The Morgan fingerprint density at radius 2 is 1.84 bits per heavy atom. The minimum Gasteiger partial charge on any atom is -0.492 e. The Balaban J connectivity index is 1.73. The van der Waals surface area contributed by atoms with Crippen molar-refractivity contribution >= 4 is 23.4 Å². The SMILES string of the molecule is CN(CCOc1ccc(Cl)cc1)C(=O)CNC(=O)c1ccccc1F. The summed E-state index contributed by atoms with van der Waals surface area (Å²) in [6, 6.07) is 12.5. The first-order valence-corrected chi connectivity index (χ1v) is 8.00. The lowest BCUT2D eigenvalue weighted by Crippen LogP contribution is -2.39. The highest BCUT2D eigenvalue weighted by molar-refractivity contribution is 6.30. The van der Waals surface area contributed by atoms with Crippen LogP contribution in [0.15, 0.2) is 48.5 Å². The lowest BCUT2D eigenvalue weighted by atomic mass is 10.2. The molecule has 2 aromatic rings. The second-order valence-corrected chi connectivity index (χ2v) is 5.72. The fraction of sp³-hybridized carbons (Fsp3) is 0.222. The molecular formula is C18H18ClFN2O3. The normalized spacial score (nSPS) is 10.2. The monoisotopic (exact) mass is 364 g/mol. The van der Waals surface area contributed by atoms with E-state index in [1.807, 2.05) is 0 Å². The second-order valence-electron chi connectivity index (χ2n) is 5.28. The Labute approximate surface area is 150 Å². The van der Waals surface area contributed by atoms with Gasteiger partial charge in [-0.05, 0) is 36.4 Å². The summed E-state index contributed by atoms with van der Waals surface area (Å²) in [6.45, 7) is 0.423. The van der Waals surface area contributed by atoms with Gasteiger partial charge in [0.25, 0.3) is 5.91 Å². The van der Waals surface area contributed by atoms with Crippen molar-refractivity contribution < 1.29 is 18.7 Å². The van der Waals surface area contributed by atoms with Crippen molar-refractivity contribution in [2.75, 3.05) is 26.7 Å². The first-order chi connectivity index (χ1) is 12.0. The molecule has 0 heterocycles. The number of nitrogens with one attached hydrogen (secondary N) is 1. The van der Waals surface area contributed by atoms with E-state index in [2.05, 4.69) is 5.32 Å². The van der Waals surface area contributed by atoms with Crippen molar-refractivity contribution in [3.8, 4) is 5.75 Å². The third-order valence-corrected chi connectivity index (χ3v) is 3.71. The van der Waals surface area contributed by atoms with Gasteiger partial charge in [0.05, 0.1) is 18.7 Å². The molecule has 0 saturated carbocycles. The number of halogens is 2. The summed E-state index contributed by atoms with van der Waals surface area (Å²) >= 11 is 5.79. The predicted octanol–water partition coefficient (Wildman–Crippen LogP) is 2.75. The van der Waals surface area contributed by atoms with E-state index < -0.39 is 11.7 Å². The highest BCUT2D eigenvalue weighted by Crippen LogP contribution is 2.15. The molecule has 0 radical (unpaired) electrons. The molecule has 0 aromatic heterocycles. The summed E-state index contributed by atoms with van der Waals surface area (Å²) in [5, 5.41) is 3.03. The molecule has 0 unspecified atom stereocenters. The lowest BCUT2D eigenvalue weighted by molar-refractivity contribution is -0.129. The van der Waals surface area contributed by atoms with Gasteiger partial charge in [-0.1, -0.05) is 23.7 Å². The first kappa shape index (κ1) is 18.7. The molecular weight excluding hydrogens is 347 g/mol. The summed E-state index contributed by atoms with van der Waals surface area (Å²) in [7, 11) is 1.60. The Bertz CT molecular complexity index is 737. The van der Waals surface area contributed by atoms with Gasteiger partial charge >= 0.3 is 0 Å². The quantitative estimate of drug-likeness (QED) is 0.821. The van der Waals surface area contributed by atoms with Gasteiger partial charge in [0, 0.05) is 12.1 Å². The maximum Gasteiger partial charge on any atom is 0.254 e. The van der Waals surface area contributed by atoms with Gasteiger partial charge in [0.1, 0.15) is 18.2 Å². The van der Waals surface area contributed by atoms with Gasteiger partial charge in [0.2, 0.25) is 5.91 Å². The minimum absolute atomic E-state index is 0.0935. The first-order valence-electron chi connectivity index (χ1n) is 7.62. The Morgan fingerprint density at radius 1 is 1.16 bits per heavy atom. The molecule has 2 amide bonds. The number of carbonyl (C=O) groups excluding carboxylic acids is 2. The molecule has 0 aliphatic rings. The minimum atomic E-state index is -0.628. The van der Waals surface area contributed by atoms with Crippen molar-refractivity contribution in [3.05, 3.63) is 64.9 Å². The number of carbonyl (C=O) groups is 2. The zero-order valence-corrected chi connectivity index (χ0v) is 14.4. The summed E-state index contributed by atoms with van der Waals surface area (Å²) in [5.74, 6) is -0.906. The van der Waals surface area contributed by atoms with Crippen LogP contribution in [0.1, 0.15) is 10.4 Å². The van der Waals surface area contributed by atoms with Gasteiger partial charge in [-0.25, -0.2) is 4.39 Å². The van der Waals surface area contributed by atoms with Crippen LogP contribution in [0.3, 0.4) is 0 Å². The maximum absolute atomic E-state index is 13.5. The van der Waals surface area contributed by atoms with Crippen LogP contribution < -0.4 is 10.1 Å². The molecule has 2 rings (SSSR count). The fourth-order valence-electron chi connectivity index (χ4n) is 1.99. The highest BCUT2D eigenvalue weighted by atomic mass is 35.5. The third-order valence-electron chi connectivity index (χ3n) is 3.45. The van der Waals surface area contributed by atoms with E-state index in [-0.39, 0.29) is 18.0 Å². The predicted molar refractivity (Wildman–Crippen MR) is 93.3 cm³/mol. The van der Waals surface area contributed by atoms with Crippen molar-refractivity contribution in [1.82, 2.24) is 10.2 Å². The number of likely N-dealkylation sites (N-methyl/N-ethyl adjacent to an activating group) is 1. The van der Waals surface area contributed by atoms with E-state index in [0.29, 0.717) is 23.9 Å². The Kier molecular flexibility index (Phi) is 6.77. The van der Waals surface area contributed by atoms with E-state index in [4.69, 9.17) is 16.3 Å². The van der Waals surface area contributed by atoms with Crippen molar-refractivity contribution in [2.45, 2.75) is 0 Å². The maximum atomic E-state index is 13.5. The molecule has 132 valence electrons. The number of nitrogens with zero attached hydrogens (tertiary/aromatic N) is 1. The van der Waals surface area contributed by atoms with Crippen LogP contribution in [0.5, 0.6) is 5.75 Å². The van der Waals surface area contributed by atoms with E-state index in [9.17, 15) is 14.0 Å². The molecule has 0 aliphatic carbocycles. The standard InChI is InChI=1S/C18H18ClFN2O3/c1-22(10-11-25-14-8-6-13(19)7-9-14)17(23)12-21-18(24)15-4-2-3-5-16(15)20/h2-9H,10-12H2,1H3,(H,21,24). The van der Waals surface area contributed by atoms with Crippen LogP contribution in [0.4, 0.5) is 4.39 Å². The number of benzene rings is 2. The van der Waals surface area contributed by atoms with Gasteiger partial charge in [-0.15, -0.1) is 0 Å². The summed E-state index contributed by atoms with van der Waals surface area (Å²) < 4.78 is 19.0. The topological polar surface area (TPSA) is 58.6 Å². The molecule has 0 atom stereocenters. The smallest absolute Gasteiger partial charge is 0.254 e. The summed E-state index contributed by atoms with van der Waals surface area (Å²) in [6.07, 6.45) is 0. The average molecular weight is 365 g/mol. The molecule has 25 heavy (non-hydrogen) atoms. The largest absolute Gasteiger partial charge is 0.492 e. The molecule has 2 aromatic carbocycles. The van der Waals surface area contributed by atoms with E-state index in [1.54, 1.807) is 37.4 Å². The van der Waals surface area contributed by atoms with Gasteiger partial charge < -0.3 is 15.0 Å². The number of rotatable bonds is 7. The number of ether oxygens (including phenoxy) is 1. The van der Waals surface area contributed by atoms with E-state index in [1.165, 1.54) is 23.1 Å². The molecule has 1 N–H and O–H groups in total. The van der Waals surface area contributed by atoms with Crippen molar-refractivity contribution in [3.63, 3.8) is 0 Å². The summed E-state index contributed by atoms with van der Waals surface area (Å²) in [4.78, 5) is 25.3.